The third kappa shape index (κ3) is 5.01. The number of methoxy groups -OCH3 is 1. The first-order valence-corrected chi connectivity index (χ1v) is 9.05. The van der Waals surface area contributed by atoms with E-state index in [0.717, 1.165) is 10.6 Å². The van der Waals surface area contributed by atoms with Crippen LogP contribution in [-0.2, 0) is 21.3 Å². The summed E-state index contributed by atoms with van der Waals surface area (Å²) >= 11 is 1.35. The zero-order valence-corrected chi connectivity index (χ0v) is 14.1. The molecular weight excluding hydrogens is 320 g/mol. The van der Waals surface area contributed by atoms with Gasteiger partial charge in [-0.05, 0) is 24.6 Å². The quantitative estimate of drug-likeness (QED) is 0.842. The first-order valence-electron chi connectivity index (χ1n) is 6.75. The van der Waals surface area contributed by atoms with Crippen LogP contribution in [0.5, 0.6) is 0 Å². The van der Waals surface area contributed by atoms with Gasteiger partial charge in [-0.1, -0.05) is 12.1 Å². The number of amides is 1. The number of carbonyl (C=O) groups is 1. The normalized spacial score (nSPS) is 12.1. The topological polar surface area (TPSA) is 68.3 Å². The number of hydrogen-bond donors (Lipinski definition) is 1. The third-order valence-corrected chi connectivity index (χ3v) is 5.06. The van der Waals surface area contributed by atoms with E-state index >= 15 is 0 Å². The number of nitrogens with one attached hydrogen (secondary N) is 1. The predicted molar refractivity (Wildman–Crippen MR) is 89.8 cm³/mol. The lowest BCUT2D eigenvalue weighted by Crippen LogP contribution is -2.11. The minimum absolute atomic E-state index is 0.178. The molecule has 0 aliphatic heterocycles. The van der Waals surface area contributed by atoms with Gasteiger partial charge in [0.15, 0.2) is 0 Å². The lowest BCUT2D eigenvalue weighted by Gasteiger charge is -2.06. The Morgan fingerprint density at radius 1 is 1.45 bits per heavy atom. The Balaban J connectivity index is 1.99. The average molecular weight is 338 g/mol. The number of aromatic nitrogens is 1. The predicted octanol–water partition coefficient (Wildman–Crippen LogP) is 2.60. The van der Waals surface area contributed by atoms with E-state index in [2.05, 4.69) is 10.3 Å². The van der Waals surface area contributed by atoms with Gasteiger partial charge in [0.2, 0.25) is 0 Å². The maximum Gasteiger partial charge on any atom is 0.267 e. The fourth-order valence-corrected chi connectivity index (χ4v) is 3.55. The molecule has 7 heteroatoms. The van der Waals surface area contributed by atoms with Crippen molar-refractivity contribution in [3.63, 3.8) is 0 Å². The van der Waals surface area contributed by atoms with Crippen LogP contribution < -0.4 is 5.32 Å². The van der Waals surface area contributed by atoms with Crippen molar-refractivity contribution in [3.8, 4) is 0 Å². The molecule has 22 heavy (non-hydrogen) atoms. The Labute approximate surface area is 136 Å². The number of hydrogen-bond acceptors (Lipinski definition) is 5. The van der Waals surface area contributed by atoms with Gasteiger partial charge in [-0.3, -0.25) is 9.00 Å². The highest BCUT2D eigenvalue weighted by atomic mass is 32.2. The van der Waals surface area contributed by atoms with Crippen molar-refractivity contribution in [1.29, 1.82) is 0 Å². The molecular formula is C15H18N2O3S2. The van der Waals surface area contributed by atoms with Crippen molar-refractivity contribution in [2.24, 2.45) is 0 Å². The van der Waals surface area contributed by atoms with E-state index in [4.69, 9.17) is 4.74 Å². The minimum atomic E-state index is -0.970. The maximum absolute atomic E-state index is 12.1. The van der Waals surface area contributed by atoms with Gasteiger partial charge in [-0.2, -0.15) is 0 Å². The molecule has 2 aromatic rings. The molecule has 1 atom stereocenters. The third-order valence-electron chi connectivity index (χ3n) is 2.87. The summed E-state index contributed by atoms with van der Waals surface area (Å²) in [6.45, 7) is 2.34. The summed E-state index contributed by atoms with van der Waals surface area (Å²) in [6, 6.07) is 7.40. The van der Waals surface area contributed by atoms with E-state index in [-0.39, 0.29) is 5.91 Å². The maximum atomic E-state index is 12.1. The van der Waals surface area contributed by atoms with Gasteiger partial charge in [-0.25, -0.2) is 4.98 Å². The standard InChI is InChI=1S/C15H18N2O3S2/c1-11-16-9-14(21-11)15(18)17-13-5-3-4-12(8-13)10-22(19)7-6-20-2/h3-5,8-9H,6-7,10H2,1-2H3,(H,17,18). The zero-order chi connectivity index (χ0) is 15.9. The van der Waals surface area contributed by atoms with E-state index in [1.54, 1.807) is 13.3 Å². The molecule has 0 fully saturated rings. The molecule has 0 spiro atoms. The Kier molecular flexibility index (Phi) is 6.23. The molecule has 5 nitrogen and oxygen atoms in total. The van der Waals surface area contributed by atoms with Crippen molar-refractivity contribution in [2.45, 2.75) is 12.7 Å². The monoisotopic (exact) mass is 338 g/mol. The summed E-state index contributed by atoms with van der Waals surface area (Å²) in [5, 5.41) is 3.69. The number of anilines is 1. The summed E-state index contributed by atoms with van der Waals surface area (Å²) in [5.74, 6) is 0.781. The van der Waals surface area contributed by atoms with Crippen LogP contribution in [0, 0.1) is 6.92 Å². The van der Waals surface area contributed by atoms with Gasteiger partial charge >= 0.3 is 0 Å². The van der Waals surface area contributed by atoms with Gasteiger partial charge < -0.3 is 10.1 Å². The number of thiazole rings is 1. The average Bonchev–Trinajstić information content (AvgIpc) is 2.92. The highest BCUT2D eigenvalue weighted by molar-refractivity contribution is 7.84. The molecule has 0 aliphatic carbocycles. The molecule has 0 bridgehead atoms. The second kappa shape index (κ2) is 8.17. The van der Waals surface area contributed by atoms with Crippen molar-refractivity contribution < 1.29 is 13.7 Å². The smallest absolute Gasteiger partial charge is 0.267 e. The van der Waals surface area contributed by atoms with Crippen LogP contribution in [0.4, 0.5) is 5.69 Å². The van der Waals surface area contributed by atoms with E-state index in [1.165, 1.54) is 11.3 Å². The van der Waals surface area contributed by atoms with Crippen molar-refractivity contribution >= 4 is 33.7 Å². The zero-order valence-electron chi connectivity index (χ0n) is 12.5. The lowest BCUT2D eigenvalue weighted by atomic mass is 10.2. The molecule has 0 saturated carbocycles. The molecule has 0 radical (unpaired) electrons. The second-order valence-corrected chi connectivity index (χ2v) is 7.49. The molecule has 2 rings (SSSR count). The van der Waals surface area contributed by atoms with Crippen molar-refractivity contribution in [3.05, 3.63) is 45.9 Å². The molecule has 1 aromatic carbocycles. The van der Waals surface area contributed by atoms with Crippen LogP contribution in [0.3, 0.4) is 0 Å². The molecule has 1 amide bonds. The fourth-order valence-electron chi connectivity index (χ4n) is 1.83. The van der Waals surface area contributed by atoms with Crippen LogP contribution >= 0.6 is 11.3 Å². The van der Waals surface area contributed by atoms with E-state index in [1.807, 2.05) is 31.2 Å². The lowest BCUT2D eigenvalue weighted by molar-refractivity contribution is 0.103. The molecule has 1 heterocycles. The van der Waals surface area contributed by atoms with E-state index in [0.29, 0.717) is 28.7 Å². The Morgan fingerprint density at radius 2 is 2.27 bits per heavy atom. The van der Waals surface area contributed by atoms with Crippen LogP contribution in [0.2, 0.25) is 0 Å². The van der Waals surface area contributed by atoms with E-state index in [9.17, 15) is 9.00 Å². The molecule has 1 N–H and O–H groups in total. The fraction of sp³-hybridized carbons (Fsp3) is 0.333. The number of aryl methyl sites for hydroxylation is 1. The number of carbonyl (C=O) groups excluding carboxylic acids is 1. The van der Waals surface area contributed by atoms with Crippen LogP contribution in [0.1, 0.15) is 20.2 Å². The summed E-state index contributed by atoms with van der Waals surface area (Å²) < 4.78 is 16.8. The van der Waals surface area contributed by atoms with Gasteiger partial charge in [0.25, 0.3) is 5.91 Å². The first-order chi connectivity index (χ1) is 10.6. The Morgan fingerprint density at radius 3 is 2.95 bits per heavy atom. The number of rotatable bonds is 7. The van der Waals surface area contributed by atoms with Gasteiger partial charge in [-0.15, -0.1) is 11.3 Å². The number of ether oxygens (including phenoxy) is 1. The Hall–Kier alpha value is -1.57. The SMILES string of the molecule is COCCS(=O)Cc1cccc(NC(=O)c2cnc(C)s2)c1. The Bertz CT molecular complexity index is 670. The van der Waals surface area contributed by atoms with Gasteiger partial charge in [0.1, 0.15) is 4.88 Å². The van der Waals surface area contributed by atoms with Crippen molar-refractivity contribution in [2.75, 3.05) is 24.8 Å². The van der Waals surface area contributed by atoms with E-state index < -0.39 is 10.8 Å². The highest BCUT2D eigenvalue weighted by Gasteiger charge is 2.10. The summed E-state index contributed by atoms with van der Waals surface area (Å²) in [5.41, 5.74) is 1.62. The number of benzene rings is 1. The minimum Gasteiger partial charge on any atom is -0.384 e. The van der Waals surface area contributed by atoms with Gasteiger partial charge in [0.05, 0.1) is 17.8 Å². The first kappa shape index (κ1) is 16.8. The number of nitrogens with zero attached hydrogens (tertiary/aromatic N) is 1. The summed E-state index contributed by atoms with van der Waals surface area (Å²) in [7, 11) is 0.622. The molecule has 118 valence electrons. The van der Waals surface area contributed by atoms with Gasteiger partial charge in [0, 0.05) is 35.1 Å². The molecule has 0 aliphatic rings. The van der Waals surface area contributed by atoms with Crippen molar-refractivity contribution in [1.82, 2.24) is 4.98 Å². The second-order valence-electron chi connectivity index (χ2n) is 4.68. The molecule has 0 saturated heterocycles. The summed E-state index contributed by atoms with van der Waals surface area (Å²) in [4.78, 5) is 16.7. The molecule has 1 aromatic heterocycles. The largest absolute Gasteiger partial charge is 0.384 e. The summed E-state index contributed by atoms with van der Waals surface area (Å²) in [6.07, 6.45) is 1.57. The van der Waals surface area contributed by atoms with Crippen LogP contribution in [0.15, 0.2) is 30.5 Å². The van der Waals surface area contributed by atoms with Crippen LogP contribution in [-0.4, -0.2) is 34.6 Å². The van der Waals surface area contributed by atoms with Crippen LogP contribution in [0.25, 0.3) is 0 Å². The highest BCUT2D eigenvalue weighted by Crippen LogP contribution is 2.16. The molecule has 1 unspecified atom stereocenters.